The van der Waals surface area contributed by atoms with Crippen LogP contribution in [0.25, 0.3) is 0 Å². The van der Waals surface area contributed by atoms with Crippen molar-refractivity contribution in [2.24, 2.45) is 10.7 Å². The van der Waals surface area contributed by atoms with Gasteiger partial charge in [-0.15, -0.1) is 11.6 Å². The fourth-order valence-electron chi connectivity index (χ4n) is 1.25. The van der Waals surface area contributed by atoms with Crippen molar-refractivity contribution in [2.75, 3.05) is 24.3 Å². The molecule has 4 N–H and O–H groups in total. The minimum absolute atomic E-state index is 0.0299. The summed E-state index contributed by atoms with van der Waals surface area (Å²) in [5, 5.41) is 22.3. The number of nitrogens with one attached hydrogen (secondary N) is 1. The summed E-state index contributed by atoms with van der Waals surface area (Å²) >= 11 is 5.51. The van der Waals surface area contributed by atoms with Crippen molar-refractivity contribution in [1.82, 2.24) is 0 Å². The molecule has 0 aliphatic heterocycles. The summed E-state index contributed by atoms with van der Waals surface area (Å²) in [5.41, 5.74) is 6.27. The van der Waals surface area contributed by atoms with Crippen molar-refractivity contribution in [2.45, 2.75) is 0 Å². The van der Waals surface area contributed by atoms with Crippen LogP contribution in [0.3, 0.4) is 0 Å². The average molecular weight is 273 g/mol. The van der Waals surface area contributed by atoms with Crippen LogP contribution >= 0.6 is 11.6 Å². The fraction of sp³-hybridized carbons (Fsp3) is 0.300. The smallest absolute Gasteiger partial charge is 0.271 e. The molecule has 0 fully saturated rings. The minimum atomic E-state index is -0.522. The molecule has 0 aliphatic carbocycles. The van der Waals surface area contributed by atoms with Gasteiger partial charge in [0.2, 0.25) is 0 Å². The molecule has 0 radical (unpaired) electrons. The highest BCUT2D eigenvalue weighted by atomic mass is 35.5. The van der Waals surface area contributed by atoms with Crippen LogP contribution in [0.2, 0.25) is 0 Å². The number of nitrogens with zero attached hydrogens (tertiary/aromatic N) is 2. The highest BCUT2D eigenvalue weighted by Crippen LogP contribution is 2.29. The second-order valence-corrected chi connectivity index (χ2v) is 3.61. The van der Waals surface area contributed by atoms with Gasteiger partial charge in [-0.3, -0.25) is 10.1 Å². The van der Waals surface area contributed by atoms with Gasteiger partial charge in [0, 0.05) is 18.7 Å². The van der Waals surface area contributed by atoms with Crippen LogP contribution in [0.15, 0.2) is 23.2 Å². The molecule has 8 heteroatoms. The summed E-state index contributed by atoms with van der Waals surface area (Å²) < 4.78 is 0. The first-order valence-corrected chi connectivity index (χ1v) is 5.64. The van der Waals surface area contributed by atoms with E-state index in [1.807, 2.05) is 0 Å². The molecule has 0 amide bonds. The first kappa shape index (κ1) is 14.2. The number of alkyl halides is 1. The summed E-state index contributed by atoms with van der Waals surface area (Å²) in [6, 6.07) is 4.14. The number of aliphatic hydroxyl groups excluding tert-OH is 1. The molecule has 98 valence electrons. The largest absolute Gasteiger partial charge is 0.395 e. The number of nitro benzene ring substituents is 1. The molecule has 7 nitrogen and oxygen atoms in total. The zero-order valence-corrected chi connectivity index (χ0v) is 10.2. The van der Waals surface area contributed by atoms with Gasteiger partial charge in [-0.2, -0.15) is 0 Å². The monoisotopic (exact) mass is 272 g/mol. The fourth-order valence-corrected chi connectivity index (χ4v) is 1.31. The number of hydrogen-bond acceptors (Lipinski definition) is 5. The zero-order chi connectivity index (χ0) is 13.5. The molecule has 0 atom stereocenters. The molecule has 1 rings (SSSR count). The third-order valence-electron chi connectivity index (χ3n) is 2.02. The third-order valence-corrected chi connectivity index (χ3v) is 2.29. The van der Waals surface area contributed by atoms with Crippen LogP contribution in [0, 0.1) is 10.1 Å². The second-order valence-electron chi connectivity index (χ2n) is 3.35. The Morgan fingerprint density at radius 1 is 1.61 bits per heavy atom. The van der Waals surface area contributed by atoms with Gasteiger partial charge >= 0.3 is 0 Å². The van der Waals surface area contributed by atoms with Crippen molar-refractivity contribution >= 4 is 34.5 Å². The number of anilines is 1. The molecule has 0 unspecified atom stereocenters. The molecule has 0 heterocycles. The lowest BCUT2D eigenvalue weighted by Gasteiger charge is -2.08. The number of halogens is 1. The normalized spacial score (nSPS) is 11.3. The molecule has 0 saturated carbocycles. The number of non-ortho nitro benzene ring substituents is 1. The number of benzene rings is 1. The van der Waals surface area contributed by atoms with Gasteiger partial charge in [-0.1, -0.05) is 0 Å². The maximum atomic E-state index is 10.7. The Balaban J connectivity index is 3.13. The van der Waals surface area contributed by atoms with Gasteiger partial charge < -0.3 is 16.2 Å². The van der Waals surface area contributed by atoms with Gasteiger partial charge in [0.05, 0.1) is 28.8 Å². The van der Waals surface area contributed by atoms with E-state index in [-0.39, 0.29) is 24.0 Å². The van der Waals surface area contributed by atoms with E-state index in [1.165, 1.54) is 18.2 Å². The lowest BCUT2D eigenvalue weighted by molar-refractivity contribution is -0.384. The molecular formula is C10H13ClN4O3. The van der Waals surface area contributed by atoms with Crippen molar-refractivity contribution in [3.05, 3.63) is 28.3 Å². The van der Waals surface area contributed by atoms with E-state index in [0.29, 0.717) is 17.9 Å². The van der Waals surface area contributed by atoms with Gasteiger partial charge in [-0.25, -0.2) is 4.99 Å². The summed E-state index contributed by atoms with van der Waals surface area (Å²) in [6.45, 7) is 0.242. The van der Waals surface area contributed by atoms with Crippen LogP contribution in [-0.2, 0) is 0 Å². The van der Waals surface area contributed by atoms with E-state index in [0.717, 1.165) is 0 Å². The molecule has 1 aromatic carbocycles. The topological polar surface area (TPSA) is 114 Å². The van der Waals surface area contributed by atoms with Crippen LogP contribution in [0.4, 0.5) is 17.1 Å². The predicted octanol–water partition coefficient (Wildman–Crippen LogP) is 1.23. The maximum Gasteiger partial charge on any atom is 0.271 e. The standard InChI is InChI=1S/C10H13ClN4O3/c11-6-10(12)14-9-5-7(15(17)18)1-2-8(9)13-3-4-16/h1-2,5,13,16H,3-4,6H2,(H2,12,14). The van der Waals surface area contributed by atoms with Gasteiger partial charge in [0.1, 0.15) is 5.84 Å². The lowest BCUT2D eigenvalue weighted by Crippen LogP contribution is -2.13. The van der Waals surface area contributed by atoms with Crippen molar-refractivity contribution in [3.8, 4) is 0 Å². The third kappa shape index (κ3) is 3.86. The van der Waals surface area contributed by atoms with E-state index in [9.17, 15) is 10.1 Å². The Morgan fingerprint density at radius 3 is 2.89 bits per heavy atom. The number of nitro groups is 1. The molecule has 18 heavy (non-hydrogen) atoms. The lowest BCUT2D eigenvalue weighted by atomic mass is 10.2. The highest BCUT2D eigenvalue weighted by Gasteiger charge is 2.10. The number of amidine groups is 1. The van der Waals surface area contributed by atoms with Gasteiger partial charge in [-0.05, 0) is 6.07 Å². The number of hydrogen-bond donors (Lipinski definition) is 3. The van der Waals surface area contributed by atoms with Crippen molar-refractivity contribution in [3.63, 3.8) is 0 Å². The van der Waals surface area contributed by atoms with Crippen LogP contribution in [0.5, 0.6) is 0 Å². The molecule has 0 spiro atoms. The molecule has 0 aromatic heterocycles. The summed E-state index contributed by atoms with van der Waals surface area (Å²) in [6.07, 6.45) is 0. The van der Waals surface area contributed by atoms with Crippen molar-refractivity contribution in [1.29, 1.82) is 0 Å². The Labute approximate surface area is 108 Å². The minimum Gasteiger partial charge on any atom is -0.395 e. The Bertz CT molecular complexity index is 464. The average Bonchev–Trinajstić information content (AvgIpc) is 2.36. The number of aliphatic imine (C=N–C) groups is 1. The van der Waals surface area contributed by atoms with E-state index < -0.39 is 4.92 Å². The maximum absolute atomic E-state index is 10.7. The molecule has 0 bridgehead atoms. The van der Waals surface area contributed by atoms with Crippen LogP contribution < -0.4 is 11.1 Å². The molecule has 0 aliphatic rings. The second kappa shape index (κ2) is 6.77. The van der Waals surface area contributed by atoms with Gasteiger partial charge in [0.15, 0.2) is 0 Å². The summed E-state index contributed by atoms with van der Waals surface area (Å²) in [4.78, 5) is 14.1. The predicted molar refractivity (Wildman–Crippen MR) is 70.7 cm³/mol. The summed E-state index contributed by atoms with van der Waals surface area (Å²) in [5.74, 6) is 0.187. The number of aliphatic hydroxyl groups is 1. The molecule has 1 aromatic rings. The molecule has 0 saturated heterocycles. The van der Waals surface area contributed by atoms with E-state index in [1.54, 1.807) is 0 Å². The zero-order valence-electron chi connectivity index (χ0n) is 9.47. The Hall–Kier alpha value is -1.86. The summed E-state index contributed by atoms with van der Waals surface area (Å²) in [7, 11) is 0. The first-order chi connectivity index (χ1) is 8.58. The van der Waals surface area contributed by atoms with Crippen LogP contribution in [0.1, 0.15) is 0 Å². The number of rotatable bonds is 6. The van der Waals surface area contributed by atoms with Crippen LogP contribution in [-0.4, -0.2) is 34.9 Å². The van der Waals surface area contributed by atoms with E-state index in [4.69, 9.17) is 22.4 Å². The SMILES string of the molecule is NC(CCl)=Nc1cc([N+](=O)[O-])ccc1NCCO. The Kier molecular flexibility index (Phi) is 5.34. The van der Waals surface area contributed by atoms with E-state index >= 15 is 0 Å². The Morgan fingerprint density at radius 2 is 2.33 bits per heavy atom. The highest BCUT2D eigenvalue weighted by molar-refractivity contribution is 6.28. The van der Waals surface area contributed by atoms with Gasteiger partial charge in [0.25, 0.3) is 5.69 Å². The quantitative estimate of drug-likeness (QED) is 0.237. The first-order valence-electron chi connectivity index (χ1n) is 5.10. The van der Waals surface area contributed by atoms with Crippen molar-refractivity contribution < 1.29 is 10.0 Å². The molecular weight excluding hydrogens is 260 g/mol. The van der Waals surface area contributed by atoms with E-state index in [2.05, 4.69) is 10.3 Å². The number of nitrogens with two attached hydrogens (primary N) is 1.